The summed E-state index contributed by atoms with van der Waals surface area (Å²) in [6, 6.07) is 4.11. The first-order valence-corrected chi connectivity index (χ1v) is 11.2. The molecule has 0 saturated carbocycles. The number of ether oxygens (including phenoxy) is 1. The molecule has 0 atom stereocenters. The van der Waals surface area contributed by atoms with Gasteiger partial charge in [0.25, 0.3) is 0 Å². The summed E-state index contributed by atoms with van der Waals surface area (Å²) < 4.78 is 22.6. The van der Waals surface area contributed by atoms with Gasteiger partial charge in [-0.05, 0) is 37.8 Å². The molecule has 1 N–H and O–H groups in total. The predicted octanol–water partition coefficient (Wildman–Crippen LogP) is 2.81. The van der Waals surface area contributed by atoms with E-state index in [4.69, 9.17) is 16.3 Å². The van der Waals surface area contributed by atoms with Crippen molar-refractivity contribution in [3.05, 3.63) is 53.3 Å². The van der Waals surface area contributed by atoms with E-state index >= 15 is 0 Å². The van der Waals surface area contributed by atoms with Crippen molar-refractivity contribution in [2.45, 2.75) is 39.4 Å². The van der Waals surface area contributed by atoms with E-state index in [0.717, 1.165) is 32.6 Å². The lowest BCUT2D eigenvalue weighted by molar-refractivity contribution is 0.0598. The normalized spacial score (nSPS) is 14.4. The Morgan fingerprint density at radius 2 is 2.00 bits per heavy atom. The van der Waals surface area contributed by atoms with Crippen LogP contribution in [-0.2, 0) is 24.4 Å². The number of urea groups is 1. The fourth-order valence-corrected chi connectivity index (χ4v) is 3.84. The van der Waals surface area contributed by atoms with E-state index < -0.39 is 5.82 Å². The van der Waals surface area contributed by atoms with Gasteiger partial charge in [0, 0.05) is 32.4 Å². The van der Waals surface area contributed by atoms with E-state index in [1.807, 2.05) is 11.6 Å². The maximum atomic E-state index is 13.9. The van der Waals surface area contributed by atoms with Crippen LogP contribution in [0.1, 0.15) is 31.4 Å². The molecular formula is C21H26ClFN8O2. The fraction of sp³-hybridized carbons (Fsp3) is 0.476. The summed E-state index contributed by atoms with van der Waals surface area (Å²) in [7, 11) is 0. The number of nitrogens with one attached hydrogen (secondary N) is 1. The first-order valence-electron chi connectivity index (χ1n) is 10.9. The van der Waals surface area contributed by atoms with Gasteiger partial charge >= 0.3 is 6.03 Å². The number of hydrogen-bond acceptors (Lipinski definition) is 6. The molecule has 3 heterocycles. The van der Waals surface area contributed by atoms with Crippen molar-refractivity contribution in [1.29, 1.82) is 0 Å². The predicted molar refractivity (Wildman–Crippen MR) is 118 cm³/mol. The van der Waals surface area contributed by atoms with Crippen LogP contribution >= 0.6 is 11.6 Å². The molecule has 2 amide bonds. The Balaban J connectivity index is 1.38. The zero-order valence-corrected chi connectivity index (χ0v) is 19.1. The number of carbonyl (C=O) groups is 1. The van der Waals surface area contributed by atoms with E-state index in [1.54, 1.807) is 11.0 Å². The van der Waals surface area contributed by atoms with E-state index in [-0.39, 0.29) is 24.1 Å². The topological polar surface area (TPSA) is 103 Å². The number of hydrogen-bond donors (Lipinski definition) is 1. The second kappa shape index (κ2) is 10.7. The molecule has 0 radical (unpaired) electrons. The van der Waals surface area contributed by atoms with Gasteiger partial charge in [0.05, 0.1) is 23.8 Å². The monoisotopic (exact) mass is 476 g/mol. The van der Waals surface area contributed by atoms with Gasteiger partial charge in [0.1, 0.15) is 24.3 Å². The molecule has 1 aliphatic rings. The van der Waals surface area contributed by atoms with Crippen LogP contribution in [0.2, 0.25) is 5.02 Å². The lowest BCUT2D eigenvalue weighted by Crippen LogP contribution is -2.40. The highest BCUT2D eigenvalue weighted by atomic mass is 35.5. The maximum absolute atomic E-state index is 13.9. The number of carbonyl (C=O) groups excluding carboxylic acids is 1. The Morgan fingerprint density at radius 3 is 2.76 bits per heavy atom. The Bertz CT molecular complexity index is 1080. The second-order valence-electron chi connectivity index (χ2n) is 7.77. The van der Waals surface area contributed by atoms with Gasteiger partial charge in [-0.1, -0.05) is 11.6 Å². The summed E-state index contributed by atoms with van der Waals surface area (Å²) in [6.07, 6.45) is 4.86. The standard InChI is InChI=1S/C21H26ClFN8O2/c1-2-29(12-20-26-14-28-31(20)16-3-4-17(22)18(23)9-16)21(32)24-10-19-25-13-27-30(19)11-15-5-7-33-8-6-15/h3-4,9,13-15H,2,5-8,10-12H2,1H3,(H,24,32). The van der Waals surface area contributed by atoms with Crippen LogP contribution in [-0.4, -0.2) is 60.2 Å². The van der Waals surface area contributed by atoms with Gasteiger partial charge in [0.15, 0.2) is 5.82 Å². The average molecular weight is 477 g/mol. The van der Waals surface area contributed by atoms with Crippen LogP contribution < -0.4 is 5.32 Å². The first kappa shape index (κ1) is 23.1. The van der Waals surface area contributed by atoms with Gasteiger partial charge < -0.3 is 15.0 Å². The Hall–Kier alpha value is -3.05. The highest BCUT2D eigenvalue weighted by Gasteiger charge is 2.19. The van der Waals surface area contributed by atoms with Gasteiger partial charge in [0.2, 0.25) is 0 Å². The summed E-state index contributed by atoms with van der Waals surface area (Å²) in [5.41, 5.74) is 0.474. The minimum atomic E-state index is -0.550. The molecule has 0 bridgehead atoms. The van der Waals surface area contributed by atoms with Crippen LogP contribution in [0.4, 0.5) is 9.18 Å². The third-order valence-electron chi connectivity index (χ3n) is 5.63. The fourth-order valence-electron chi connectivity index (χ4n) is 3.72. The molecule has 176 valence electrons. The number of nitrogens with zero attached hydrogens (tertiary/aromatic N) is 7. The Labute approximate surface area is 195 Å². The van der Waals surface area contributed by atoms with Gasteiger partial charge in [-0.15, -0.1) is 0 Å². The summed E-state index contributed by atoms with van der Waals surface area (Å²) in [5.74, 6) is 1.14. The molecule has 1 aliphatic heterocycles. The van der Waals surface area contributed by atoms with Gasteiger partial charge in [-0.3, -0.25) is 0 Å². The quantitative estimate of drug-likeness (QED) is 0.536. The highest BCUT2D eigenvalue weighted by molar-refractivity contribution is 6.30. The van der Waals surface area contributed by atoms with Crippen molar-refractivity contribution in [2.75, 3.05) is 19.8 Å². The maximum Gasteiger partial charge on any atom is 0.318 e. The smallest absolute Gasteiger partial charge is 0.318 e. The molecule has 33 heavy (non-hydrogen) atoms. The van der Waals surface area contributed by atoms with Crippen molar-refractivity contribution in [3.8, 4) is 5.69 Å². The summed E-state index contributed by atoms with van der Waals surface area (Å²) in [4.78, 5) is 23.0. The van der Waals surface area contributed by atoms with E-state index in [2.05, 4.69) is 25.5 Å². The molecule has 10 nitrogen and oxygen atoms in total. The summed E-state index contributed by atoms with van der Waals surface area (Å²) >= 11 is 5.77. The van der Waals surface area contributed by atoms with E-state index in [0.29, 0.717) is 29.8 Å². The zero-order valence-electron chi connectivity index (χ0n) is 18.3. The molecule has 12 heteroatoms. The summed E-state index contributed by atoms with van der Waals surface area (Å²) in [6.45, 7) is 5.06. The molecule has 3 aromatic rings. The zero-order chi connectivity index (χ0) is 23.2. The summed E-state index contributed by atoms with van der Waals surface area (Å²) in [5, 5.41) is 11.4. The molecule has 4 rings (SSSR count). The molecule has 0 aliphatic carbocycles. The van der Waals surface area contributed by atoms with Crippen molar-refractivity contribution < 1.29 is 13.9 Å². The van der Waals surface area contributed by atoms with Crippen molar-refractivity contribution in [2.24, 2.45) is 5.92 Å². The van der Waals surface area contributed by atoms with Crippen molar-refractivity contribution >= 4 is 17.6 Å². The van der Waals surface area contributed by atoms with Crippen molar-refractivity contribution in [1.82, 2.24) is 39.7 Å². The van der Waals surface area contributed by atoms with Crippen LogP contribution in [0, 0.1) is 11.7 Å². The molecule has 1 aromatic carbocycles. The minimum absolute atomic E-state index is 0.0275. The van der Waals surface area contributed by atoms with Crippen molar-refractivity contribution in [3.63, 3.8) is 0 Å². The van der Waals surface area contributed by atoms with Crippen LogP contribution in [0.3, 0.4) is 0 Å². The minimum Gasteiger partial charge on any atom is -0.381 e. The number of rotatable bonds is 8. The SMILES string of the molecule is CCN(Cc1ncnn1-c1ccc(Cl)c(F)c1)C(=O)NCc1ncnn1CC1CCOCC1. The Kier molecular flexibility index (Phi) is 7.50. The van der Waals surface area contributed by atoms with Crippen LogP contribution in [0.25, 0.3) is 5.69 Å². The molecule has 1 saturated heterocycles. The molecule has 0 spiro atoms. The number of aromatic nitrogens is 6. The molecule has 1 fully saturated rings. The number of amides is 2. The van der Waals surface area contributed by atoms with Gasteiger partial charge in [-0.2, -0.15) is 10.2 Å². The molecular weight excluding hydrogens is 451 g/mol. The third-order valence-corrected chi connectivity index (χ3v) is 5.94. The second-order valence-corrected chi connectivity index (χ2v) is 8.18. The first-order chi connectivity index (χ1) is 16.0. The molecule has 0 unspecified atom stereocenters. The number of benzene rings is 1. The Morgan fingerprint density at radius 1 is 1.24 bits per heavy atom. The largest absolute Gasteiger partial charge is 0.381 e. The van der Waals surface area contributed by atoms with Gasteiger partial charge in [-0.25, -0.2) is 28.5 Å². The lowest BCUT2D eigenvalue weighted by Gasteiger charge is -2.23. The highest BCUT2D eigenvalue weighted by Crippen LogP contribution is 2.19. The molecule has 2 aromatic heterocycles. The van der Waals surface area contributed by atoms with Crippen LogP contribution in [0.15, 0.2) is 30.9 Å². The average Bonchev–Trinajstić information content (AvgIpc) is 3.47. The van der Waals surface area contributed by atoms with Crippen LogP contribution in [0.5, 0.6) is 0 Å². The van der Waals surface area contributed by atoms with E-state index in [9.17, 15) is 9.18 Å². The lowest BCUT2D eigenvalue weighted by atomic mass is 10.0. The van der Waals surface area contributed by atoms with E-state index in [1.165, 1.54) is 29.5 Å². The third kappa shape index (κ3) is 5.66. The number of halogens is 2.